The highest BCUT2D eigenvalue weighted by Crippen LogP contribution is 2.39. The Balaban J connectivity index is 1.37. The Hall–Kier alpha value is -1.72. The van der Waals surface area contributed by atoms with Gasteiger partial charge in [0.15, 0.2) is 0 Å². The molecule has 0 bridgehead atoms. The molecule has 2 aliphatic rings. The summed E-state index contributed by atoms with van der Waals surface area (Å²) in [5, 5.41) is 4.31. The largest absolute Gasteiger partial charge is 0.298 e. The molecule has 134 valence electrons. The molecule has 0 N–H and O–H groups in total. The monoisotopic (exact) mass is 339 g/mol. The summed E-state index contributed by atoms with van der Waals surface area (Å²) in [5.41, 5.74) is 4.13. The fourth-order valence-corrected chi connectivity index (χ4v) is 4.67. The second kappa shape index (κ2) is 6.89. The van der Waals surface area contributed by atoms with Gasteiger partial charge < -0.3 is 0 Å². The van der Waals surface area contributed by atoms with Crippen LogP contribution in [-0.2, 0) is 20.1 Å². The molecule has 4 rings (SSSR count). The lowest BCUT2D eigenvalue weighted by molar-refractivity contribution is 0.0865. The second-order valence-electron chi connectivity index (χ2n) is 8.07. The molecule has 4 heterocycles. The topological polar surface area (TPSA) is 37.2 Å². The van der Waals surface area contributed by atoms with Gasteiger partial charge in [-0.25, -0.2) is 0 Å². The Bertz CT molecular complexity index is 724. The van der Waals surface area contributed by atoms with Crippen molar-refractivity contribution in [1.82, 2.24) is 24.6 Å². The lowest BCUT2D eigenvalue weighted by Crippen LogP contribution is -2.44. The van der Waals surface area contributed by atoms with Gasteiger partial charge in [-0.3, -0.25) is 19.5 Å². The van der Waals surface area contributed by atoms with Gasteiger partial charge in [0, 0.05) is 50.7 Å². The highest BCUT2D eigenvalue weighted by atomic mass is 15.2. The number of hydrogen-bond donors (Lipinski definition) is 0. The van der Waals surface area contributed by atoms with Crippen LogP contribution in [0.4, 0.5) is 0 Å². The highest BCUT2D eigenvalue weighted by Gasteiger charge is 2.41. The van der Waals surface area contributed by atoms with Crippen LogP contribution < -0.4 is 0 Å². The quantitative estimate of drug-likeness (QED) is 0.858. The molecule has 1 atom stereocenters. The van der Waals surface area contributed by atoms with Crippen molar-refractivity contribution in [3.05, 3.63) is 47.5 Å². The number of piperidine rings is 1. The van der Waals surface area contributed by atoms with E-state index in [0.29, 0.717) is 5.41 Å². The van der Waals surface area contributed by atoms with E-state index in [4.69, 9.17) is 0 Å². The van der Waals surface area contributed by atoms with Crippen LogP contribution in [-0.4, -0.2) is 50.7 Å². The molecule has 2 aromatic rings. The Labute approximate surface area is 150 Å². The first-order chi connectivity index (χ1) is 12.1. The summed E-state index contributed by atoms with van der Waals surface area (Å²) in [6, 6.07) is 6.36. The van der Waals surface area contributed by atoms with E-state index < -0.39 is 0 Å². The molecular formula is C20H29N5. The zero-order valence-corrected chi connectivity index (χ0v) is 15.5. The van der Waals surface area contributed by atoms with Gasteiger partial charge in [0.1, 0.15) is 0 Å². The number of aromatic nitrogens is 3. The van der Waals surface area contributed by atoms with Crippen molar-refractivity contribution >= 4 is 0 Å². The van der Waals surface area contributed by atoms with Crippen molar-refractivity contribution in [1.29, 1.82) is 0 Å². The molecule has 2 fully saturated rings. The second-order valence-corrected chi connectivity index (χ2v) is 8.07. The summed E-state index contributed by atoms with van der Waals surface area (Å²) >= 11 is 0. The van der Waals surface area contributed by atoms with Crippen molar-refractivity contribution in [2.75, 3.05) is 26.2 Å². The lowest BCUT2D eigenvalue weighted by atomic mass is 9.79. The standard InChI is InChI=1S/C20H29N5/c1-17-5-3-6-19(22-17)14-25-10-8-20(16-25)7-4-9-24(15-20)13-18-11-21-23(2)12-18/h3,5-6,11-12H,4,7-10,13-16H2,1-2H3/t20-/m1/s1. The van der Waals surface area contributed by atoms with Gasteiger partial charge in [-0.1, -0.05) is 6.07 Å². The summed E-state index contributed by atoms with van der Waals surface area (Å²) in [7, 11) is 2.00. The van der Waals surface area contributed by atoms with E-state index in [9.17, 15) is 0 Å². The zero-order valence-electron chi connectivity index (χ0n) is 15.5. The van der Waals surface area contributed by atoms with Crippen LogP contribution in [0.5, 0.6) is 0 Å². The van der Waals surface area contributed by atoms with Crippen LogP contribution in [0, 0.1) is 12.3 Å². The highest BCUT2D eigenvalue weighted by molar-refractivity contribution is 5.10. The Morgan fingerprint density at radius 3 is 2.68 bits per heavy atom. The Morgan fingerprint density at radius 1 is 1.08 bits per heavy atom. The lowest BCUT2D eigenvalue weighted by Gasteiger charge is -2.40. The predicted molar refractivity (Wildman–Crippen MR) is 99.0 cm³/mol. The third kappa shape index (κ3) is 3.93. The molecule has 25 heavy (non-hydrogen) atoms. The van der Waals surface area contributed by atoms with Crippen LogP contribution in [0.2, 0.25) is 0 Å². The van der Waals surface area contributed by atoms with Gasteiger partial charge in [-0.15, -0.1) is 0 Å². The molecule has 2 aromatic heterocycles. The van der Waals surface area contributed by atoms with E-state index >= 15 is 0 Å². The van der Waals surface area contributed by atoms with Crippen LogP contribution in [0.3, 0.4) is 0 Å². The number of pyridine rings is 1. The molecule has 5 heteroatoms. The minimum Gasteiger partial charge on any atom is -0.298 e. The Morgan fingerprint density at radius 2 is 1.92 bits per heavy atom. The number of aryl methyl sites for hydroxylation is 2. The van der Waals surface area contributed by atoms with E-state index in [1.807, 2.05) is 17.9 Å². The summed E-state index contributed by atoms with van der Waals surface area (Å²) in [6.45, 7) is 8.96. The van der Waals surface area contributed by atoms with Crippen LogP contribution >= 0.6 is 0 Å². The average molecular weight is 339 g/mol. The number of nitrogens with zero attached hydrogens (tertiary/aromatic N) is 5. The predicted octanol–water partition coefficient (Wildman–Crippen LogP) is 2.61. The van der Waals surface area contributed by atoms with Crippen molar-refractivity contribution in [2.45, 2.75) is 39.3 Å². The van der Waals surface area contributed by atoms with Gasteiger partial charge in [0.05, 0.1) is 11.9 Å². The van der Waals surface area contributed by atoms with Crippen molar-refractivity contribution in [3.63, 3.8) is 0 Å². The van der Waals surface area contributed by atoms with Crippen LogP contribution in [0.1, 0.15) is 36.2 Å². The van der Waals surface area contributed by atoms with Crippen molar-refractivity contribution in [3.8, 4) is 0 Å². The van der Waals surface area contributed by atoms with Crippen molar-refractivity contribution in [2.24, 2.45) is 12.5 Å². The maximum atomic E-state index is 4.68. The molecule has 0 saturated carbocycles. The first-order valence-electron chi connectivity index (χ1n) is 9.45. The van der Waals surface area contributed by atoms with E-state index in [-0.39, 0.29) is 0 Å². The SMILES string of the molecule is Cc1cccc(CN2CC[C@@]3(CCCN(Cc4cnn(C)c4)C3)C2)n1. The molecule has 0 unspecified atom stereocenters. The fraction of sp³-hybridized carbons (Fsp3) is 0.600. The zero-order chi connectivity index (χ0) is 17.3. The van der Waals surface area contributed by atoms with Crippen LogP contribution in [0.25, 0.3) is 0 Å². The molecule has 0 aliphatic carbocycles. The normalized spacial score (nSPS) is 25.0. The molecule has 2 aliphatic heterocycles. The first kappa shape index (κ1) is 16.7. The maximum Gasteiger partial charge on any atom is 0.0547 e. The maximum absolute atomic E-state index is 4.68. The third-order valence-corrected chi connectivity index (χ3v) is 5.75. The summed E-state index contributed by atoms with van der Waals surface area (Å²) in [5.74, 6) is 0. The van der Waals surface area contributed by atoms with E-state index in [1.54, 1.807) is 0 Å². The third-order valence-electron chi connectivity index (χ3n) is 5.75. The molecule has 0 amide bonds. The summed E-state index contributed by atoms with van der Waals surface area (Å²) in [4.78, 5) is 9.92. The number of likely N-dealkylation sites (tertiary alicyclic amines) is 2. The average Bonchev–Trinajstić information content (AvgIpc) is 3.14. The van der Waals surface area contributed by atoms with Gasteiger partial charge in [0.25, 0.3) is 0 Å². The van der Waals surface area contributed by atoms with Gasteiger partial charge in [0.2, 0.25) is 0 Å². The molecule has 2 saturated heterocycles. The minimum atomic E-state index is 0.476. The minimum absolute atomic E-state index is 0.476. The van der Waals surface area contributed by atoms with E-state index in [2.05, 4.69) is 51.2 Å². The molecular weight excluding hydrogens is 310 g/mol. The molecule has 0 radical (unpaired) electrons. The summed E-state index contributed by atoms with van der Waals surface area (Å²) < 4.78 is 1.90. The van der Waals surface area contributed by atoms with Gasteiger partial charge in [-0.2, -0.15) is 5.10 Å². The molecule has 5 nitrogen and oxygen atoms in total. The first-order valence-corrected chi connectivity index (χ1v) is 9.45. The van der Waals surface area contributed by atoms with Crippen LogP contribution in [0.15, 0.2) is 30.6 Å². The molecule has 1 spiro atoms. The fourth-order valence-electron chi connectivity index (χ4n) is 4.67. The Kier molecular flexibility index (Phi) is 4.61. The molecule has 0 aromatic carbocycles. The van der Waals surface area contributed by atoms with Crippen molar-refractivity contribution < 1.29 is 0 Å². The number of rotatable bonds is 4. The number of hydrogen-bond acceptors (Lipinski definition) is 4. The van der Waals surface area contributed by atoms with E-state index in [0.717, 1.165) is 18.8 Å². The van der Waals surface area contributed by atoms with Gasteiger partial charge in [-0.05, 0) is 56.8 Å². The smallest absolute Gasteiger partial charge is 0.0547 e. The summed E-state index contributed by atoms with van der Waals surface area (Å²) in [6.07, 6.45) is 8.16. The van der Waals surface area contributed by atoms with E-state index in [1.165, 1.54) is 56.7 Å². The van der Waals surface area contributed by atoms with Gasteiger partial charge >= 0.3 is 0 Å².